The zero-order valence-electron chi connectivity index (χ0n) is 18.0. The van der Waals surface area contributed by atoms with Gasteiger partial charge in [-0.15, -0.1) is 0 Å². The van der Waals surface area contributed by atoms with Gasteiger partial charge in [0, 0.05) is 5.57 Å². The van der Waals surface area contributed by atoms with E-state index in [4.69, 9.17) is 4.74 Å². The fourth-order valence-corrected chi connectivity index (χ4v) is 3.25. The normalized spacial score (nSPS) is 10.8. The van der Waals surface area contributed by atoms with Crippen LogP contribution in [0.3, 0.4) is 0 Å². The Kier molecular flexibility index (Phi) is 19.9. The Morgan fingerprint density at radius 3 is 1.46 bits per heavy atom. The van der Waals surface area contributed by atoms with Crippen LogP contribution in [0.15, 0.2) is 12.2 Å². The van der Waals surface area contributed by atoms with Gasteiger partial charge in [0.1, 0.15) is 0 Å². The molecule has 0 aliphatic carbocycles. The van der Waals surface area contributed by atoms with E-state index >= 15 is 0 Å². The first-order valence-corrected chi connectivity index (χ1v) is 11.6. The molecule has 0 saturated heterocycles. The summed E-state index contributed by atoms with van der Waals surface area (Å²) >= 11 is 0. The Morgan fingerprint density at radius 2 is 1.00 bits per heavy atom. The minimum Gasteiger partial charge on any atom is -0.462 e. The lowest BCUT2D eigenvalue weighted by Crippen LogP contribution is -2.08. The molecule has 0 aromatic rings. The second kappa shape index (κ2) is 20.5. The van der Waals surface area contributed by atoms with Gasteiger partial charge in [0.2, 0.25) is 0 Å². The van der Waals surface area contributed by atoms with Gasteiger partial charge in [-0.05, 0) is 19.3 Å². The highest BCUT2D eigenvalue weighted by molar-refractivity contribution is 5.87. The summed E-state index contributed by atoms with van der Waals surface area (Å²) < 4.78 is 5.34. The maximum absolute atomic E-state index is 11.9. The molecular weight excluding hydrogens is 320 g/mol. The van der Waals surface area contributed by atoms with Crippen LogP contribution in [-0.2, 0) is 9.53 Å². The highest BCUT2D eigenvalue weighted by Gasteiger charge is 2.07. The minimum atomic E-state index is -0.174. The summed E-state index contributed by atoms with van der Waals surface area (Å²) in [5.41, 5.74) is 0.660. The molecule has 0 aromatic heterocycles. The third-order valence-corrected chi connectivity index (χ3v) is 5.10. The van der Waals surface area contributed by atoms with Crippen molar-refractivity contribution in [2.45, 2.75) is 129 Å². The molecule has 2 nitrogen and oxygen atoms in total. The average Bonchev–Trinajstić information content (AvgIpc) is 2.65. The maximum atomic E-state index is 11.9. The van der Waals surface area contributed by atoms with Crippen molar-refractivity contribution in [1.29, 1.82) is 0 Å². The number of rotatable bonds is 20. The second-order valence-corrected chi connectivity index (χ2v) is 7.79. The van der Waals surface area contributed by atoms with Crippen LogP contribution in [-0.4, -0.2) is 12.6 Å². The number of esters is 1. The van der Waals surface area contributed by atoms with E-state index in [1.165, 1.54) is 96.3 Å². The summed E-state index contributed by atoms with van der Waals surface area (Å²) in [6.45, 7) is 8.96. The fraction of sp³-hybridized carbons (Fsp3) is 0.875. The van der Waals surface area contributed by atoms with Gasteiger partial charge < -0.3 is 4.74 Å². The smallest absolute Gasteiger partial charge is 0.333 e. The summed E-state index contributed by atoms with van der Waals surface area (Å²) in [5.74, 6) is -0.174. The monoisotopic (exact) mass is 366 g/mol. The third kappa shape index (κ3) is 18.0. The summed E-state index contributed by atoms with van der Waals surface area (Å²) in [4.78, 5) is 11.9. The number of unbranched alkanes of at least 4 members (excludes halogenated alkanes) is 15. The molecule has 0 atom stereocenters. The van der Waals surface area contributed by atoms with Crippen LogP contribution < -0.4 is 0 Å². The van der Waals surface area contributed by atoms with Gasteiger partial charge in [0.25, 0.3) is 0 Å². The largest absolute Gasteiger partial charge is 0.462 e. The van der Waals surface area contributed by atoms with Crippen molar-refractivity contribution < 1.29 is 9.53 Å². The zero-order valence-corrected chi connectivity index (χ0v) is 18.0. The molecular formula is C24H46O2. The van der Waals surface area contributed by atoms with Crippen molar-refractivity contribution in [1.82, 2.24) is 0 Å². The Morgan fingerprint density at radius 1 is 0.615 bits per heavy atom. The zero-order chi connectivity index (χ0) is 19.3. The Bertz CT molecular complexity index is 322. The van der Waals surface area contributed by atoms with E-state index in [0.717, 1.165) is 19.3 Å². The van der Waals surface area contributed by atoms with E-state index in [2.05, 4.69) is 20.4 Å². The maximum Gasteiger partial charge on any atom is 0.333 e. The molecule has 0 aromatic carbocycles. The van der Waals surface area contributed by atoms with Gasteiger partial charge in [-0.3, -0.25) is 0 Å². The van der Waals surface area contributed by atoms with E-state index < -0.39 is 0 Å². The molecule has 0 spiro atoms. The number of hydrogen-bond donors (Lipinski definition) is 0. The molecule has 0 unspecified atom stereocenters. The molecule has 0 amide bonds. The van der Waals surface area contributed by atoms with Gasteiger partial charge in [0.05, 0.1) is 6.61 Å². The van der Waals surface area contributed by atoms with Crippen LogP contribution in [0.25, 0.3) is 0 Å². The van der Waals surface area contributed by atoms with Crippen LogP contribution in [0.4, 0.5) is 0 Å². The van der Waals surface area contributed by atoms with Crippen LogP contribution in [0.1, 0.15) is 129 Å². The molecule has 26 heavy (non-hydrogen) atoms. The third-order valence-electron chi connectivity index (χ3n) is 5.10. The lowest BCUT2D eigenvalue weighted by atomic mass is 10.0. The topological polar surface area (TPSA) is 26.3 Å². The number of hydrogen-bond acceptors (Lipinski definition) is 2. The number of carbonyl (C=O) groups excluding carboxylic acids is 1. The van der Waals surface area contributed by atoms with Crippen LogP contribution in [0.2, 0.25) is 0 Å². The first-order valence-electron chi connectivity index (χ1n) is 11.6. The van der Waals surface area contributed by atoms with Crippen molar-refractivity contribution in [3.8, 4) is 0 Å². The van der Waals surface area contributed by atoms with E-state index in [-0.39, 0.29) is 5.97 Å². The van der Waals surface area contributed by atoms with Gasteiger partial charge in [0.15, 0.2) is 0 Å². The molecule has 0 rings (SSSR count). The van der Waals surface area contributed by atoms with Crippen molar-refractivity contribution in [3.05, 3.63) is 12.2 Å². The molecule has 0 bridgehead atoms. The summed E-state index contributed by atoms with van der Waals surface area (Å²) in [5, 5.41) is 0. The lowest BCUT2D eigenvalue weighted by Gasteiger charge is -2.07. The predicted molar refractivity (Wildman–Crippen MR) is 115 cm³/mol. The van der Waals surface area contributed by atoms with Gasteiger partial charge in [-0.1, -0.05) is 117 Å². The van der Waals surface area contributed by atoms with Gasteiger partial charge >= 0.3 is 5.97 Å². The van der Waals surface area contributed by atoms with Gasteiger partial charge in [-0.2, -0.15) is 0 Å². The molecule has 0 fully saturated rings. The highest BCUT2D eigenvalue weighted by Crippen LogP contribution is 2.14. The van der Waals surface area contributed by atoms with E-state index in [1.54, 1.807) is 0 Å². The molecule has 0 heterocycles. The van der Waals surface area contributed by atoms with E-state index in [0.29, 0.717) is 12.2 Å². The molecule has 0 radical (unpaired) electrons. The Hall–Kier alpha value is -0.790. The first kappa shape index (κ1) is 25.2. The molecule has 0 aliphatic rings. The fourth-order valence-electron chi connectivity index (χ4n) is 3.25. The average molecular weight is 367 g/mol. The quantitative estimate of drug-likeness (QED) is 0.123. The molecule has 0 saturated carbocycles. The Labute approximate surface area is 164 Å². The minimum absolute atomic E-state index is 0.174. The highest BCUT2D eigenvalue weighted by atomic mass is 16.5. The summed E-state index contributed by atoms with van der Waals surface area (Å²) in [7, 11) is 0. The molecule has 0 N–H and O–H groups in total. The van der Waals surface area contributed by atoms with Crippen molar-refractivity contribution in [2.75, 3.05) is 6.61 Å². The molecule has 0 aliphatic heterocycles. The van der Waals surface area contributed by atoms with Crippen molar-refractivity contribution >= 4 is 5.97 Å². The lowest BCUT2D eigenvalue weighted by molar-refractivity contribution is -0.139. The Balaban J connectivity index is 3.34. The van der Waals surface area contributed by atoms with Crippen LogP contribution in [0, 0.1) is 0 Å². The predicted octanol–water partition coefficient (Wildman–Crippen LogP) is 8.15. The first-order chi connectivity index (χ1) is 12.7. The summed E-state index contributed by atoms with van der Waals surface area (Å²) in [6, 6.07) is 0. The molecule has 2 heteroatoms. The van der Waals surface area contributed by atoms with Crippen LogP contribution in [0.5, 0.6) is 0 Å². The van der Waals surface area contributed by atoms with Crippen LogP contribution >= 0.6 is 0 Å². The van der Waals surface area contributed by atoms with Crippen molar-refractivity contribution in [3.63, 3.8) is 0 Å². The molecule has 154 valence electrons. The number of carbonyl (C=O) groups is 1. The van der Waals surface area contributed by atoms with Gasteiger partial charge in [-0.25, -0.2) is 4.79 Å². The summed E-state index contributed by atoms with van der Waals surface area (Å²) in [6.07, 6.45) is 22.7. The number of ether oxygens (including phenoxy) is 1. The van der Waals surface area contributed by atoms with E-state index in [9.17, 15) is 4.79 Å². The second-order valence-electron chi connectivity index (χ2n) is 7.79. The van der Waals surface area contributed by atoms with Crippen molar-refractivity contribution in [2.24, 2.45) is 0 Å². The standard InChI is InChI=1S/C24H46O2/c1-4-6-8-10-12-13-14-15-17-19-21-23(3)24(25)26-22-20-18-16-11-9-7-5-2/h3-22H2,1-2H3. The SMILES string of the molecule is C=C(CCCCCCCCCCCC)C(=O)OCCCCCCCCC. The van der Waals surface area contributed by atoms with E-state index in [1.807, 2.05) is 0 Å².